The van der Waals surface area contributed by atoms with Crippen LogP contribution in [-0.2, 0) is 4.79 Å². The molecule has 0 aromatic rings. The van der Waals surface area contributed by atoms with Crippen molar-refractivity contribution in [2.75, 3.05) is 6.54 Å². The number of carboxylic acid groups (broad SMARTS) is 1. The summed E-state index contributed by atoms with van der Waals surface area (Å²) in [5, 5.41) is 14.2. The van der Waals surface area contributed by atoms with Crippen molar-refractivity contribution in [1.29, 1.82) is 0 Å². The molecule has 5 nitrogen and oxygen atoms in total. The molecule has 5 heteroatoms. The number of hydrogen-bond acceptors (Lipinski definition) is 2. The molecule has 0 spiro atoms. The van der Waals surface area contributed by atoms with Crippen molar-refractivity contribution in [3.05, 3.63) is 0 Å². The molecule has 0 rings (SSSR count). The van der Waals surface area contributed by atoms with Crippen LogP contribution >= 0.6 is 0 Å². The fourth-order valence-corrected chi connectivity index (χ4v) is 1.72. The summed E-state index contributed by atoms with van der Waals surface area (Å²) < 4.78 is 0. The first-order valence-corrected chi connectivity index (χ1v) is 6.67. The van der Waals surface area contributed by atoms with Crippen molar-refractivity contribution in [1.82, 2.24) is 10.6 Å². The van der Waals surface area contributed by atoms with E-state index in [1.165, 1.54) is 0 Å². The molecule has 0 aliphatic heterocycles. The molecule has 1 atom stereocenters. The number of nitrogens with one attached hydrogen (secondary N) is 2. The number of urea groups is 1. The van der Waals surface area contributed by atoms with E-state index in [-0.39, 0.29) is 5.92 Å². The van der Waals surface area contributed by atoms with Crippen LogP contribution in [0.4, 0.5) is 4.79 Å². The molecule has 3 N–H and O–H groups in total. The van der Waals surface area contributed by atoms with E-state index in [1.54, 1.807) is 0 Å². The molecule has 0 aliphatic carbocycles. The van der Waals surface area contributed by atoms with Gasteiger partial charge >= 0.3 is 12.0 Å². The molecule has 0 saturated heterocycles. The molecule has 18 heavy (non-hydrogen) atoms. The Morgan fingerprint density at radius 1 is 1.17 bits per heavy atom. The van der Waals surface area contributed by atoms with Gasteiger partial charge in [-0.25, -0.2) is 9.59 Å². The van der Waals surface area contributed by atoms with Crippen molar-refractivity contribution in [3.8, 4) is 0 Å². The van der Waals surface area contributed by atoms with Crippen molar-refractivity contribution >= 4 is 12.0 Å². The monoisotopic (exact) mass is 258 g/mol. The van der Waals surface area contributed by atoms with Gasteiger partial charge in [0, 0.05) is 6.54 Å². The highest BCUT2D eigenvalue weighted by molar-refractivity contribution is 5.82. The highest BCUT2D eigenvalue weighted by Crippen LogP contribution is 2.06. The first kappa shape index (κ1) is 16.7. The molecule has 0 aliphatic rings. The molecule has 0 heterocycles. The average Bonchev–Trinajstić information content (AvgIpc) is 2.28. The lowest BCUT2D eigenvalue weighted by atomic mass is 10.0. The summed E-state index contributed by atoms with van der Waals surface area (Å²) in [5.41, 5.74) is 0. The minimum atomic E-state index is -0.985. The van der Waals surface area contributed by atoms with Crippen LogP contribution in [0.25, 0.3) is 0 Å². The number of carboxylic acids is 1. The van der Waals surface area contributed by atoms with E-state index in [2.05, 4.69) is 24.5 Å². The van der Waals surface area contributed by atoms with Gasteiger partial charge < -0.3 is 15.7 Å². The van der Waals surface area contributed by atoms with Crippen LogP contribution < -0.4 is 10.6 Å². The van der Waals surface area contributed by atoms with E-state index >= 15 is 0 Å². The van der Waals surface area contributed by atoms with E-state index in [1.807, 2.05) is 13.8 Å². The fourth-order valence-electron chi connectivity index (χ4n) is 1.72. The third-order valence-corrected chi connectivity index (χ3v) is 3.02. The van der Waals surface area contributed by atoms with Crippen LogP contribution in [0.1, 0.15) is 47.0 Å². The largest absolute Gasteiger partial charge is 0.480 e. The van der Waals surface area contributed by atoms with Crippen LogP contribution in [0, 0.1) is 11.8 Å². The van der Waals surface area contributed by atoms with Gasteiger partial charge in [0.15, 0.2) is 0 Å². The summed E-state index contributed by atoms with van der Waals surface area (Å²) in [6.07, 6.45) is 2.45. The molecule has 106 valence electrons. The predicted octanol–water partition coefficient (Wildman–Crippen LogP) is 2.22. The maximum Gasteiger partial charge on any atom is 0.326 e. The topological polar surface area (TPSA) is 78.4 Å². The molecule has 0 aromatic heterocycles. The predicted molar refractivity (Wildman–Crippen MR) is 71.5 cm³/mol. The van der Waals surface area contributed by atoms with Gasteiger partial charge in [0.2, 0.25) is 0 Å². The summed E-state index contributed by atoms with van der Waals surface area (Å²) in [6.45, 7) is 8.60. The SMILES string of the molecule is CCC(CC)CNC(=O)NC(CC(C)C)C(=O)O. The Morgan fingerprint density at radius 2 is 1.72 bits per heavy atom. The zero-order valence-corrected chi connectivity index (χ0v) is 11.8. The Morgan fingerprint density at radius 3 is 2.11 bits per heavy atom. The molecular formula is C13H26N2O3. The van der Waals surface area contributed by atoms with Crippen LogP contribution in [0.2, 0.25) is 0 Å². The molecule has 0 bridgehead atoms. The normalized spacial score (nSPS) is 12.6. The molecule has 0 saturated carbocycles. The number of carbonyl (C=O) groups excluding carboxylic acids is 1. The lowest BCUT2D eigenvalue weighted by Crippen LogP contribution is -2.47. The smallest absolute Gasteiger partial charge is 0.326 e. The number of hydrogen-bond donors (Lipinski definition) is 3. The van der Waals surface area contributed by atoms with Gasteiger partial charge in [0.05, 0.1) is 0 Å². The Hall–Kier alpha value is -1.26. The highest BCUT2D eigenvalue weighted by atomic mass is 16.4. The lowest BCUT2D eigenvalue weighted by Gasteiger charge is -2.18. The van der Waals surface area contributed by atoms with Crippen molar-refractivity contribution in [2.24, 2.45) is 11.8 Å². The zero-order valence-electron chi connectivity index (χ0n) is 11.8. The highest BCUT2D eigenvalue weighted by Gasteiger charge is 2.21. The lowest BCUT2D eigenvalue weighted by molar-refractivity contribution is -0.139. The minimum Gasteiger partial charge on any atom is -0.480 e. The van der Waals surface area contributed by atoms with Crippen molar-refractivity contribution in [3.63, 3.8) is 0 Å². The standard InChI is InChI=1S/C13H26N2O3/c1-5-10(6-2)8-14-13(18)15-11(12(16)17)7-9(3)4/h9-11H,5-8H2,1-4H3,(H,16,17)(H2,14,15,18). The molecule has 0 fully saturated rings. The van der Waals surface area contributed by atoms with E-state index in [0.717, 1.165) is 12.8 Å². The fraction of sp³-hybridized carbons (Fsp3) is 0.846. The molecule has 0 aromatic carbocycles. The van der Waals surface area contributed by atoms with Crippen molar-refractivity contribution in [2.45, 2.75) is 53.0 Å². The van der Waals surface area contributed by atoms with Crippen molar-refractivity contribution < 1.29 is 14.7 Å². The Kier molecular flexibility index (Phi) is 8.16. The van der Waals surface area contributed by atoms with E-state index < -0.39 is 18.0 Å². The Bertz CT molecular complexity index is 263. The number of aliphatic carboxylic acids is 1. The number of amides is 2. The quantitative estimate of drug-likeness (QED) is 0.624. The van der Waals surface area contributed by atoms with Gasteiger partial charge in [-0.3, -0.25) is 0 Å². The summed E-state index contributed by atoms with van der Waals surface area (Å²) >= 11 is 0. The molecular weight excluding hydrogens is 232 g/mol. The van der Waals surface area contributed by atoms with Gasteiger partial charge in [-0.15, -0.1) is 0 Å². The van der Waals surface area contributed by atoms with E-state index in [9.17, 15) is 9.59 Å². The second-order valence-electron chi connectivity index (χ2n) is 5.06. The average molecular weight is 258 g/mol. The third kappa shape index (κ3) is 7.14. The van der Waals surface area contributed by atoms with Crippen LogP contribution in [-0.4, -0.2) is 29.7 Å². The van der Waals surface area contributed by atoms with Crippen LogP contribution in [0.5, 0.6) is 0 Å². The zero-order chi connectivity index (χ0) is 14.1. The minimum absolute atomic E-state index is 0.227. The van der Waals surface area contributed by atoms with Gasteiger partial charge in [0.1, 0.15) is 6.04 Å². The second kappa shape index (κ2) is 8.78. The van der Waals surface area contributed by atoms with Gasteiger partial charge in [0.25, 0.3) is 0 Å². The van der Waals surface area contributed by atoms with Gasteiger partial charge in [-0.05, 0) is 18.3 Å². The Labute approximate surface area is 109 Å². The summed E-state index contributed by atoms with van der Waals surface area (Å²) in [6, 6.07) is -1.21. The van der Waals surface area contributed by atoms with Gasteiger partial charge in [-0.2, -0.15) is 0 Å². The van der Waals surface area contributed by atoms with Gasteiger partial charge in [-0.1, -0.05) is 40.5 Å². The molecule has 1 unspecified atom stereocenters. The maximum atomic E-state index is 11.6. The second-order valence-corrected chi connectivity index (χ2v) is 5.06. The summed E-state index contributed by atoms with van der Waals surface area (Å²) in [4.78, 5) is 22.6. The number of carbonyl (C=O) groups is 2. The summed E-state index contributed by atoms with van der Waals surface area (Å²) in [7, 11) is 0. The van der Waals surface area contributed by atoms with E-state index in [4.69, 9.17) is 5.11 Å². The van der Waals surface area contributed by atoms with Crippen LogP contribution in [0.3, 0.4) is 0 Å². The number of rotatable bonds is 8. The first-order chi connectivity index (χ1) is 8.40. The third-order valence-electron chi connectivity index (χ3n) is 3.02. The maximum absolute atomic E-state index is 11.6. The van der Waals surface area contributed by atoms with E-state index in [0.29, 0.717) is 18.9 Å². The first-order valence-electron chi connectivity index (χ1n) is 6.67. The molecule has 0 radical (unpaired) electrons. The Balaban J connectivity index is 4.13. The van der Waals surface area contributed by atoms with Crippen LogP contribution in [0.15, 0.2) is 0 Å². The summed E-state index contributed by atoms with van der Waals surface area (Å²) in [5.74, 6) is -0.309. The molecule has 2 amide bonds.